The smallest absolute Gasteiger partial charge is 0.255 e. The summed E-state index contributed by atoms with van der Waals surface area (Å²) in [6.45, 7) is 3.91. The Hall–Kier alpha value is -2.02. The number of carbonyl (C=O) groups is 1. The zero-order valence-corrected chi connectivity index (χ0v) is 18.8. The number of hydrogen-bond donors (Lipinski definition) is 2. The molecule has 30 heavy (non-hydrogen) atoms. The Morgan fingerprint density at radius 2 is 1.83 bits per heavy atom. The Labute approximate surface area is 186 Å². The molecule has 0 spiro atoms. The molecule has 2 aromatic carbocycles. The standard InChI is InChI=1S/C23H27ClFN3OS/c1-15(26)22(30-2)20(14-27-23(29)21-18(24)8-5-9-19(21)25)28-12-10-16-6-3-4-7-17(16)11-13-28/h3-9,20H,10-14,26H2,1-2H3,(H,27,29)/b22-15-. The second-order valence-electron chi connectivity index (χ2n) is 7.38. The van der Waals surface area contributed by atoms with Gasteiger partial charge in [0.15, 0.2) is 0 Å². The summed E-state index contributed by atoms with van der Waals surface area (Å²) in [4.78, 5) is 16.1. The Morgan fingerprint density at radius 1 is 1.20 bits per heavy atom. The van der Waals surface area contributed by atoms with Gasteiger partial charge in [0.25, 0.3) is 5.91 Å². The molecule has 0 saturated heterocycles. The Morgan fingerprint density at radius 3 is 2.37 bits per heavy atom. The van der Waals surface area contributed by atoms with Crippen molar-refractivity contribution >= 4 is 29.3 Å². The van der Waals surface area contributed by atoms with Crippen LogP contribution in [0.5, 0.6) is 0 Å². The highest BCUT2D eigenvalue weighted by Gasteiger charge is 2.27. The van der Waals surface area contributed by atoms with Gasteiger partial charge in [0.05, 0.1) is 16.6 Å². The fraction of sp³-hybridized carbons (Fsp3) is 0.348. The molecule has 0 fully saturated rings. The Kier molecular flexibility index (Phi) is 7.81. The highest BCUT2D eigenvalue weighted by atomic mass is 35.5. The quantitative estimate of drug-likeness (QED) is 0.695. The van der Waals surface area contributed by atoms with Crippen molar-refractivity contribution in [3.05, 3.63) is 80.6 Å². The van der Waals surface area contributed by atoms with Crippen LogP contribution >= 0.6 is 23.4 Å². The maximum atomic E-state index is 14.1. The molecule has 3 N–H and O–H groups in total. The van der Waals surface area contributed by atoms with Gasteiger partial charge in [-0.2, -0.15) is 0 Å². The molecular formula is C23H27ClFN3OS. The minimum Gasteiger partial charge on any atom is -0.402 e. The summed E-state index contributed by atoms with van der Waals surface area (Å²) >= 11 is 7.64. The number of halogens is 2. The predicted molar refractivity (Wildman–Crippen MR) is 123 cm³/mol. The normalized spacial score (nSPS) is 16.3. The van der Waals surface area contributed by atoms with Crippen LogP contribution in [-0.4, -0.2) is 42.7 Å². The Bertz CT molecular complexity index is 899. The molecule has 1 heterocycles. The molecule has 160 valence electrons. The molecule has 1 unspecified atom stereocenters. The molecule has 1 amide bonds. The number of allylic oxidation sites excluding steroid dienone is 1. The molecule has 1 atom stereocenters. The van der Waals surface area contributed by atoms with E-state index < -0.39 is 11.7 Å². The first kappa shape index (κ1) is 22.7. The van der Waals surface area contributed by atoms with E-state index in [0.717, 1.165) is 36.5 Å². The molecule has 7 heteroatoms. The number of thioether (sulfide) groups is 1. The topological polar surface area (TPSA) is 58.4 Å². The zero-order valence-electron chi connectivity index (χ0n) is 17.3. The van der Waals surface area contributed by atoms with Crippen LogP contribution in [0.25, 0.3) is 0 Å². The van der Waals surface area contributed by atoms with Crippen molar-refractivity contribution in [1.82, 2.24) is 10.2 Å². The van der Waals surface area contributed by atoms with Gasteiger partial charge in [-0.05, 0) is 49.3 Å². The number of benzene rings is 2. The van der Waals surface area contributed by atoms with Gasteiger partial charge in [-0.1, -0.05) is 41.9 Å². The van der Waals surface area contributed by atoms with Gasteiger partial charge in [-0.15, -0.1) is 11.8 Å². The van der Waals surface area contributed by atoms with E-state index in [4.69, 9.17) is 17.3 Å². The van der Waals surface area contributed by atoms with Crippen LogP contribution < -0.4 is 11.1 Å². The maximum absolute atomic E-state index is 14.1. The molecule has 4 nitrogen and oxygen atoms in total. The molecule has 0 radical (unpaired) electrons. The van der Waals surface area contributed by atoms with Gasteiger partial charge in [0.1, 0.15) is 5.82 Å². The van der Waals surface area contributed by atoms with Gasteiger partial charge in [-0.25, -0.2) is 4.39 Å². The van der Waals surface area contributed by atoms with E-state index in [1.54, 1.807) is 11.8 Å². The van der Waals surface area contributed by atoms with Crippen molar-refractivity contribution < 1.29 is 9.18 Å². The summed E-state index contributed by atoms with van der Waals surface area (Å²) in [7, 11) is 0. The zero-order chi connectivity index (χ0) is 21.7. The van der Waals surface area contributed by atoms with E-state index in [0.29, 0.717) is 6.54 Å². The van der Waals surface area contributed by atoms with Crippen molar-refractivity contribution in [1.29, 1.82) is 0 Å². The van der Waals surface area contributed by atoms with E-state index in [1.165, 1.54) is 29.3 Å². The van der Waals surface area contributed by atoms with Crippen molar-refractivity contribution in [2.45, 2.75) is 25.8 Å². The number of amides is 1. The second-order valence-corrected chi connectivity index (χ2v) is 8.63. The lowest BCUT2D eigenvalue weighted by molar-refractivity contribution is 0.0936. The summed E-state index contributed by atoms with van der Waals surface area (Å²) in [6.07, 6.45) is 3.86. The van der Waals surface area contributed by atoms with Crippen LogP contribution in [0.15, 0.2) is 53.1 Å². The summed E-state index contributed by atoms with van der Waals surface area (Å²) in [6, 6.07) is 12.6. The van der Waals surface area contributed by atoms with Crippen LogP contribution in [0.2, 0.25) is 5.02 Å². The van der Waals surface area contributed by atoms with Crippen LogP contribution in [0.3, 0.4) is 0 Å². The van der Waals surface area contributed by atoms with Crippen LogP contribution in [0.4, 0.5) is 4.39 Å². The summed E-state index contributed by atoms with van der Waals surface area (Å²) in [5.74, 6) is -1.14. The fourth-order valence-electron chi connectivity index (χ4n) is 3.94. The SMILES string of the molecule is CS/C(=C(/C)N)C(CNC(=O)c1c(F)cccc1Cl)N1CCc2ccccc2CC1. The fourth-order valence-corrected chi connectivity index (χ4v) is 5.01. The third-order valence-electron chi connectivity index (χ3n) is 5.45. The van der Waals surface area contributed by atoms with Gasteiger partial charge in [0, 0.05) is 30.2 Å². The van der Waals surface area contributed by atoms with E-state index in [2.05, 4.69) is 34.5 Å². The average molecular weight is 448 g/mol. The van der Waals surface area contributed by atoms with E-state index >= 15 is 0 Å². The van der Waals surface area contributed by atoms with E-state index in [-0.39, 0.29) is 16.6 Å². The number of hydrogen-bond acceptors (Lipinski definition) is 4. The number of fused-ring (bicyclic) bond motifs is 1. The van der Waals surface area contributed by atoms with Crippen molar-refractivity contribution in [2.75, 3.05) is 25.9 Å². The minimum atomic E-state index is -0.627. The molecule has 2 aromatic rings. The van der Waals surface area contributed by atoms with Crippen LogP contribution in [0, 0.1) is 5.82 Å². The molecular weight excluding hydrogens is 421 g/mol. The van der Waals surface area contributed by atoms with E-state index in [1.807, 2.05) is 13.2 Å². The average Bonchev–Trinajstić information content (AvgIpc) is 2.93. The lowest BCUT2D eigenvalue weighted by Crippen LogP contribution is -2.46. The molecule has 0 aromatic heterocycles. The highest BCUT2D eigenvalue weighted by molar-refractivity contribution is 8.02. The number of nitrogens with one attached hydrogen (secondary N) is 1. The molecule has 1 aliphatic rings. The largest absolute Gasteiger partial charge is 0.402 e. The van der Waals surface area contributed by atoms with Crippen molar-refractivity contribution in [2.24, 2.45) is 5.73 Å². The molecule has 0 aliphatic carbocycles. The van der Waals surface area contributed by atoms with E-state index in [9.17, 15) is 9.18 Å². The first-order valence-electron chi connectivity index (χ1n) is 9.95. The molecule has 3 rings (SSSR count). The lowest BCUT2D eigenvalue weighted by Gasteiger charge is -2.32. The highest BCUT2D eigenvalue weighted by Crippen LogP contribution is 2.26. The van der Waals surface area contributed by atoms with Crippen molar-refractivity contribution in [3.63, 3.8) is 0 Å². The predicted octanol–water partition coefficient (Wildman–Crippen LogP) is 4.23. The van der Waals surface area contributed by atoms with Crippen LogP contribution in [-0.2, 0) is 12.8 Å². The second kappa shape index (κ2) is 10.3. The maximum Gasteiger partial charge on any atom is 0.255 e. The number of carbonyl (C=O) groups excluding carboxylic acids is 1. The molecule has 0 saturated carbocycles. The minimum absolute atomic E-state index is 0.0891. The number of nitrogens with two attached hydrogens (primary N) is 1. The monoisotopic (exact) mass is 447 g/mol. The Balaban J connectivity index is 1.80. The lowest BCUT2D eigenvalue weighted by atomic mass is 10.0. The van der Waals surface area contributed by atoms with Crippen LogP contribution in [0.1, 0.15) is 28.4 Å². The number of nitrogens with zero attached hydrogens (tertiary/aromatic N) is 1. The third-order valence-corrected chi connectivity index (χ3v) is 6.80. The molecule has 1 aliphatic heterocycles. The summed E-state index contributed by atoms with van der Waals surface area (Å²) < 4.78 is 14.1. The van der Waals surface area contributed by atoms with Crippen molar-refractivity contribution in [3.8, 4) is 0 Å². The van der Waals surface area contributed by atoms with Gasteiger partial charge >= 0.3 is 0 Å². The summed E-state index contributed by atoms with van der Waals surface area (Å²) in [5, 5.41) is 2.98. The molecule has 0 bridgehead atoms. The van der Waals surface area contributed by atoms with Gasteiger partial charge < -0.3 is 11.1 Å². The third kappa shape index (κ3) is 5.17. The van der Waals surface area contributed by atoms with Gasteiger partial charge in [-0.3, -0.25) is 9.69 Å². The first-order chi connectivity index (χ1) is 14.4. The van der Waals surface area contributed by atoms with Gasteiger partial charge in [0.2, 0.25) is 0 Å². The first-order valence-corrected chi connectivity index (χ1v) is 11.6. The summed E-state index contributed by atoms with van der Waals surface area (Å²) in [5.41, 5.74) is 9.51. The number of rotatable bonds is 6.